The maximum Gasteiger partial charge on any atom is 0.268 e. The molecule has 1 atom stereocenters. The minimum atomic E-state index is -0.447. The highest BCUT2D eigenvalue weighted by Crippen LogP contribution is 2.27. The number of nitrogens with zero attached hydrogens (tertiary/aromatic N) is 3. The molecule has 1 amide bonds. The zero-order chi connectivity index (χ0) is 21.3. The largest absolute Gasteiger partial charge is 0.376 e. The highest BCUT2D eigenvalue weighted by Gasteiger charge is 2.19. The van der Waals surface area contributed by atoms with E-state index in [0.29, 0.717) is 5.13 Å². The fraction of sp³-hybridized carbons (Fsp3) is 0.348. The van der Waals surface area contributed by atoms with Crippen LogP contribution in [0.3, 0.4) is 0 Å². The fourth-order valence-corrected chi connectivity index (χ4v) is 4.76. The Balaban J connectivity index is 1.55. The molecule has 0 aliphatic carbocycles. The molecule has 1 aliphatic rings. The van der Waals surface area contributed by atoms with Crippen molar-refractivity contribution in [2.75, 3.05) is 11.9 Å². The number of carbonyl (C=O) groups excluding carboxylic acids is 1. The molecule has 4 rings (SSSR count). The van der Waals surface area contributed by atoms with E-state index in [-0.39, 0.29) is 11.7 Å². The minimum absolute atomic E-state index is 0.0582. The van der Waals surface area contributed by atoms with Crippen molar-refractivity contribution >= 4 is 38.7 Å². The second-order valence-electron chi connectivity index (χ2n) is 7.69. The van der Waals surface area contributed by atoms with Crippen LogP contribution in [0, 0.1) is 32.1 Å². The molecule has 6 nitrogen and oxygen atoms in total. The second kappa shape index (κ2) is 8.42. The lowest BCUT2D eigenvalue weighted by atomic mass is 10.1. The first-order valence-electron chi connectivity index (χ1n) is 10.0. The van der Waals surface area contributed by atoms with Crippen molar-refractivity contribution in [3.8, 4) is 6.07 Å². The summed E-state index contributed by atoms with van der Waals surface area (Å²) in [6.07, 6.45) is 4.05. The maximum absolute atomic E-state index is 12.7. The Hall–Kier alpha value is -2.95. The first kappa shape index (κ1) is 20.3. The molecule has 1 aromatic carbocycles. The van der Waals surface area contributed by atoms with Gasteiger partial charge in [0.15, 0.2) is 5.13 Å². The lowest BCUT2D eigenvalue weighted by molar-refractivity contribution is -0.112. The van der Waals surface area contributed by atoms with Crippen molar-refractivity contribution < 1.29 is 9.53 Å². The van der Waals surface area contributed by atoms with Gasteiger partial charge >= 0.3 is 0 Å². The van der Waals surface area contributed by atoms with Crippen molar-refractivity contribution in [2.24, 2.45) is 0 Å². The summed E-state index contributed by atoms with van der Waals surface area (Å²) in [6.45, 7) is 7.68. The van der Waals surface area contributed by atoms with E-state index in [2.05, 4.69) is 14.9 Å². The molecule has 0 spiro atoms. The summed E-state index contributed by atoms with van der Waals surface area (Å²) < 4.78 is 8.96. The molecule has 154 valence electrons. The number of anilines is 1. The number of aryl methyl sites for hydroxylation is 2. The number of thiazole rings is 1. The molecule has 0 bridgehead atoms. The minimum Gasteiger partial charge on any atom is -0.376 e. The van der Waals surface area contributed by atoms with Crippen molar-refractivity contribution in [1.82, 2.24) is 9.55 Å². The van der Waals surface area contributed by atoms with Crippen LogP contribution in [0.15, 0.2) is 29.8 Å². The van der Waals surface area contributed by atoms with E-state index in [0.717, 1.165) is 58.7 Å². The number of nitrogens with one attached hydrogen (secondary N) is 1. The van der Waals surface area contributed by atoms with E-state index in [1.807, 2.05) is 51.1 Å². The van der Waals surface area contributed by atoms with Gasteiger partial charge in [0.1, 0.15) is 11.6 Å². The molecule has 0 saturated carbocycles. The van der Waals surface area contributed by atoms with Gasteiger partial charge in [-0.15, -0.1) is 0 Å². The first-order chi connectivity index (χ1) is 14.4. The molecule has 1 N–H and O–H groups in total. The van der Waals surface area contributed by atoms with Crippen LogP contribution >= 0.6 is 11.3 Å². The summed E-state index contributed by atoms with van der Waals surface area (Å²) in [7, 11) is 0. The Morgan fingerprint density at radius 3 is 2.97 bits per heavy atom. The van der Waals surface area contributed by atoms with Gasteiger partial charge in [-0.25, -0.2) is 4.98 Å². The lowest BCUT2D eigenvalue weighted by Gasteiger charge is -2.14. The zero-order valence-electron chi connectivity index (χ0n) is 17.4. The van der Waals surface area contributed by atoms with Crippen LogP contribution in [0.4, 0.5) is 5.13 Å². The predicted octanol–water partition coefficient (Wildman–Crippen LogP) is 4.75. The molecule has 1 unspecified atom stereocenters. The van der Waals surface area contributed by atoms with Crippen LogP contribution in [0.5, 0.6) is 0 Å². The average molecular weight is 421 g/mol. The zero-order valence-corrected chi connectivity index (χ0v) is 18.2. The van der Waals surface area contributed by atoms with Gasteiger partial charge in [0.25, 0.3) is 5.91 Å². The van der Waals surface area contributed by atoms with Gasteiger partial charge in [0.2, 0.25) is 0 Å². The third-order valence-corrected chi connectivity index (χ3v) is 6.39. The SMILES string of the molecule is Cc1ccc2nc(NC(=O)C(C#N)=Cc3cc(C)n(CC4CCCO4)c3C)sc2c1. The van der Waals surface area contributed by atoms with Crippen LogP contribution in [-0.4, -0.2) is 28.2 Å². The highest BCUT2D eigenvalue weighted by molar-refractivity contribution is 7.22. The summed E-state index contributed by atoms with van der Waals surface area (Å²) in [5, 5.41) is 12.8. The van der Waals surface area contributed by atoms with Crippen LogP contribution < -0.4 is 5.32 Å². The number of benzene rings is 1. The third kappa shape index (κ3) is 4.16. The fourth-order valence-electron chi connectivity index (χ4n) is 3.80. The number of hydrogen-bond donors (Lipinski definition) is 1. The molecule has 3 aromatic rings. The van der Waals surface area contributed by atoms with Crippen LogP contribution in [-0.2, 0) is 16.1 Å². The maximum atomic E-state index is 12.7. The third-order valence-electron chi connectivity index (χ3n) is 5.45. The molecule has 1 aliphatic heterocycles. The number of ether oxygens (including phenoxy) is 1. The van der Waals surface area contributed by atoms with Gasteiger partial charge in [0.05, 0.1) is 16.3 Å². The van der Waals surface area contributed by atoms with Gasteiger partial charge in [-0.3, -0.25) is 10.1 Å². The van der Waals surface area contributed by atoms with Crippen LogP contribution in [0.1, 0.15) is 35.4 Å². The van der Waals surface area contributed by atoms with Crippen molar-refractivity contribution in [3.05, 3.63) is 52.4 Å². The van der Waals surface area contributed by atoms with Crippen LogP contribution in [0.25, 0.3) is 16.3 Å². The smallest absolute Gasteiger partial charge is 0.268 e. The van der Waals surface area contributed by atoms with Gasteiger partial charge < -0.3 is 9.30 Å². The molecular weight excluding hydrogens is 396 g/mol. The number of fused-ring (bicyclic) bond motifs is 1. The predicted molar refractivity (Wildman–Crippen MR) is 119 cm³/mol. The second-order valence-corrected chi connectivity index (χ2v) is 8.72. The lowest BCUT2D eigenvalue weighted by Crippen LogP contribution is -2.17. The van der Waals surface area contributed by atoms with Gasteiger partial charge in [-0.2, -0.15) is 5.26 Å². The number of rotatable bonds is 5. The summed E-state index contributed by atoms with van der Waals surface area (Å²) in [5.74, 6) is -0.447. The molecule has 7 heteroatoms. The van der Waals surface area contributed by atoms with Gasteiger partial charge in [-0.05, 0) is 69.0 Å². The van der Waals surface area contributed by atoms with Crippen molar-refractivity contribution in [3.63, 3.8) is 0 Å². The van der Waals surface area contributed by atoms with E-state index in [1.54, 1.807) is 6.08 Å². The summed E-state index contributed by atoms with van der Waals surface area (Å²) in [4.78, 5) is 17.2. The number of nitriles is 1. The number of aromatic nitrogens is 2. The Kier molecular flexibility index (Phi) is 5.71. The van der Waals surface area contributed by atoms with E-state index in [9.17, 15) is 10.1 Å². The van der Waals surface area contributed by atoms with E-state index >= 15 is 0 Å². The van der Waals surface area contributed by atoms with E-state index < -0.39 is 5.91 Å². The molecule has 1 fully saturated rings. The normalized spacial score (nSPS) is 16.7. The average Bonchev–Trinajstić information content (AvgIpc) is 3.42. The molecule has 3 heterocycles. The van der Waals surface area contributed by atoms with Crippen molar-refractivity contribution in [1.29, 1.82) is 5.26 Å². The van der Waals surface area contributed by atoms with Crippen LogP contribution in [0.2, 0.25) is 0 Å². The Bertz CT molecular complexity index is 1180. The van der Waals surface area contributed by atoms with Crippen molar-refractivity contribution in [2.45, 2.75) is 46.3 Å². The Labute approximate surface area is 179 Å². The quantitative estimate of drug-likeness (QED) is 0.477. The first-order valence-corrected chi connectivity index (χ1v) is 10.8. The van der Waals surface area contributed by atoms with E-state index in [4.69, 9.17) is 4.74 Å². The number of amides is 1. The molecule has 2 aromatic heterocycles. The number of hydrogen-bond acceptors (Lipinski definition) is 5. The molecule has 1 saturated heterocycles. The molecular formula is C23H24N4O2S. The molecule has 0 radical (unpaired) electrons. The van der Waals surface area contributed by atoms with Gasteiger partial charge in [0, 0.05) is 24.5 Å². The summed E-state index contributed by atoms with van der Waals surface area (Å²) in [6, 6.07) is 10.00. The molecule has 30 heavy (non-hydrogen) atoms. The van der Waals surface area contributed by atoms with E-state index in [1.165, 1.54) is 11.3 Å². The Morgan fingerprint density at radius 1 is 1.40 bits per heavy atom. The Morgan fingerprint density at radius 2 is 2.23 bits per heavy atom. The van der Waals surface area contributed by atoms with Gasteiger partial charge in [-0.1, -0.05) is 17.4 Å². The summed E-state index contributed by atoms with van der Waals surface area (Å²) >= 11 is 1.40. The monoisotopic (exact) mass is 420 g/mol. The topological polar surface area (TPSA) is 79.9 Å². The standard InChI is InChI=1S/C23H24N4O2S/c1-14-6-7-20-21(9-14)30-23(25-20)26-22(28)18(12-24)11-17-10-15(2)27(16(17)3)13-19-5-4-8-29-19/h6-7,9-11,19H,4-5,8,13H2,1-3H3,(H,25,26,28). The number of carbonyl (C=O) groups is 1. The highest BCUT2D eigenvalue weighted by atomic mass is 32.1. The summed E-state index contributed by atoms with van der Waals surface area (Å²) in [5.41, 5.74) is 5.02.